The molecule has 1 aromatic carbocycles. The van der Waals surface area contributed by atoms with E-state index in [4.69, 9.17) is 0 Å². The highest BCUT2D eigenvalue weighted by Crippen LogP contribution is 2.27. The van der Waals surface area contributed by atoms with Gasteiger partial charge in [-0.25, -0.2) is 4.68 Å². The van der Waals surface area contributed by atoms with Crippen LogP contribution in [0.5, 0.6) is 0 Å². The largest absolute Gasteiger partial charge is 0.360 e. The van der Waals surface area contributed by atoms with Crippen molar-refractivity contribution in [2.75, 3.05) is 0 Å². The van der Waals surface area contributed by atoms with Crippen molar-refractivity contribution < 1.29 is 4.79 Å². The maximum atomic E-state index is 12.6. The van der Waals surface area contributed by atoms with Crippen LogP contribution in [0.15, 0.2) is 53.6 Å². The number of rotatable bonds is 3. The summed E-state index contributed by atoms with van der Waals surface area (Å²) in [6, 6.07) is 11.2. The Kier molecular flexibility index (Phi) is 4.09. The molecule has 0 spiro atoms. The van der Waals surface area contributed by atoms with Gasteiger partial charge >= 0.3 is 0 Å². The average molecular weight is 336 g/mol. The lowest BCUT2D eigenvalue weighted by atomic mass is 9.91. The van der Waals surface area contributed by atoms with Crippen molar-refractivity contribution in [1.29, 1.82) is 0 Å². The van der Waals surface area contributed by atoms with Gasteiger partial charge < -0.3 is 10.3 Å². The van der Waals surface area contributed by atoms with Gasteiger partial charge in [-0.1, -0.05) is 18.2 Å². The molecule has 2 N–H and O–H groups in total. The molecule has 25 heavy (non-hydrogen) atoms. The van der Waals surface area contributed by atoms with Gasteiger partial charge in [0, 0.05) is 35.4 Å². The summed E-state index contributed by atoms with van der Waals surface area (Å²) < 4.78 is 1.57. The standard InChI is InChI=1S/C19H20N4O2/c24-18-6-3-11-21-23(18)14-9-7-13(8-10-14)22-19(25)16-12-20-17-5-2-1-4-15(16)17/h1-6,11-14,20H,7-10H2,(H,22,25). The maximum Gasteiger partial charge on any atom is 0.266 e. The minimum atomic E-state index is -0.0613. The van der Waals surface area contributed by atoms with Gasteiger partial charge in [0.05, 0.1) is 11.6 Å². The van der Waals surface area contributed by atoms with Gasteiger partial charge in [-0.15, -0.1) is 0 Å². The minimum Gasteiger partial charge on any atom is -0.360 e. The second-order valence-electron chi connectivity index (χ2n) is 6.53. The molecule has 0 unspecified atom stereocenters. The third-order valence-electron chi connectivity index (χ3n) is 4.95. The van der Waals surface area contributed by atoms with Crippen LogP contribution in [0.2, 0.25) is 0 Å². The number of amides is 1. The number of carbonyl (C=O) groups excluding carboxylic acids is 1. The van der Waals surface area contributed by atoms with E-state index in [1.807, 2.05) is 24.3 Å². The number of hydrogen-bond donors (Lipinski definition) is 2. The van der Waals surface area contributed by atoms with Crippen molar-refractivity contribution in [2.45, 2.75) is 37.8 Å². The first-order valence-corrected chi connectivity index (χ1v) is 8.63. The number of para-hydroxylation sites is 1. The Morgan fingerprint density at radius 3 is 2.72 bits per heavy atom. The number of H-pyrrole nitrogens is 1. The fraction of sp³-hybridized carbons (Fsp3) is 0.316. The zero-order chi connectivity index (χ0) is 17.2. The van der Waals surface area contributed by atoms with E-state index in [0.717, 1.165) is 36.6 Å². The quantitative estimate of drug-likeness (QED) is 0.771. The molecule has 1 saturated carbocycles. The molecule has 128 valence electrons. The number of aromatic amines is 1. The van der Waals surface area contributed by atoms with E-state index in [9.17, 15) is 9.59 Å². The molecule has 0 saturated heterocycles. The number of carbonyl (C=O) groups is 1. The lowest BCUT2D eigenvalue weighted by molar-refractivity contribution is 0.0923. The molecular formula is C19H20N4O2. The lowest BCUT2D eigenvalue weighted by Crippen LogP contribution is -2.39. The zero-order valence-electron chi connectivity index (χ0n) is 13.8. The molecule has 0 aliphatic heterocycles. The second-order valence-corrected chi connectivity index (χ2v) is 6.53. The summed E-state index contributed by atoms with van der Waals surface area (Å²) in [6.45, 7) is 0. The molecule has 2 heterocycles. The Balaban J connectivity index is 1.41. The van der Waals surface area contributed by atoms with Gasteiger partial charge in [-0.2, -0.15) is 5.10 Å². The van der Waals surface area contributed by atoms with Crippen molar-refractivity contribution >= 4 is 16.8 Å². The van der Waals surface area contributed by atoms with Crippen LogP contribution in [0.4, 0.5) is 0 Å². The van der Waals surface area contributed by atoms with E-state index in [1.54, 1.807) is 23.1 Å². The van der Waals surface area contributed by atoms with E-state index >= 15 is 0 Å². The van der Waals surface area contributed by atoms with Crippen molar-refractivity contribution in [1.82, 2.24) is 20.1 Å². The molecule has 1 fully saturated rings. The van der Waals surface area contributed by atoms with Gasteiger partial charge in [0.2, 0.25) is 0 Å². The van der Waals surface area contributed by atoms with Crippen molar-refractivity contribution in [3.8, 4) is 0 Å². The number of aromatic nitrogens is 3. The topological polar surface area (TPSA) is 79.8 Å². The third-order valence-corrected chi connectivity index (χ3v) is 4.95. The molecule has 1 aliphatic carbocycles. The summed E-state index contributed by atoms with van der Waals surface area (Å²) in [5, 5.41) is 8.25. The Morgan fingerprint density at radius 1 is 1.12 bits per heavy atom. The summed E-state index contributed by atoms with van der Waals surface area (Å²) in [6.07, 6.45) is 6.79. The molecular weight excluding hydrogens is 316 g/mol. The Bertz CT molecular complexity index is 951. The summed E-state index contributed by atoms with van der Waals surface area (Å²) in [5.74, 6) is -0.0455. The smallest absolute Gasteiger partial charge is 0.266 e. The highest BCUT2D eigenvalue weighted by atomic mass is 16.1. The Morgan fingerprint density at radius 2 is 1.92 bits per heavy atom. The predicted octanol–water partition coefficient (Wildman–Crippen LogP) is 2.64. The number of benzene rings is 1. The van der Waals surface area contributed by atoms with Crippen LogP contribution in [0.3, 0.4) is 0 Å². The number of hydrogen-bond acceptors (Lipinski definition) is 3. The molecule has 1 amide bonds. The van der Waals surface area contributed by atoms with E-state index in [0.29, 0.717) is 5.56 Å². The monoisotopic (exact) mass is 336 g/mol. The van der Waals surface area contributed by atoms with E-state index < -0.39 is 0 Å². The maximum absolute atomic E-state index is 12.6. The van der Waals surface area contributed by atoms with Crippen LogP contribution in [-0.2, 0) is 0 Å². The Labute approximate surface area is 144 Å². The van der Waals surface area contributed by atoms with Gasteiger partial charge in [0.25, 0.3) is 11.5 Å². The molecule has 2 aromatic heterocycles. The normalized spacial score (nSPS) is 20.5. The number of nitrogens with zero attached hydrogens (tertiary/aromatic N) is 2. The lowest BCUT2D eigenvalue weighted by Gasteiger charge is -2.29. The molecule has 6 heteroatoms. The summed E-state index contributed by atoms with van der Waals surface area (Å²) >= 11 is 0. The fourth-order valence-electron chi connectivity index (χ4n) is 3.63. The van der Waals surface area contributed by atoms with Gasteiger partial charge in [0.15, 0.2) is 0 Å². The van der Waals surface area contributed by atoms with Crippen LogP contribution in [0.1, 0.15) is 42.1 Å². The molecule has 4 rings (SSSR count). The fourth-order valence-corrected chi connectivity index (χ4v) is 3.63. The number of fused-ring (bicyclic) bond motifs is 1. The first kappa shape index (κ1) is 15.6. The van der Waals surface area contributed by atoms with Crippen LogP contribution in [0.25, 0.3) is 10.9 Å². The summed E-state index contributed by atoms with van der Waals surface area (Å²) in [5.41, 5.74) is 1.58. The molecule has 0 radical (unpaired) electrons. The summed E-state index contributed by atoms with van der Waals surface area (Å²) in [4.78, 5) is 27.6. The molecule has 6 nitrogen and oxygen atoms in total. The predicted molar refractivity (Wildman–Crippen MR) is 95.6 cm³/mol. The van der Waals surface area contributed by atoms with Crippen molar-refractivity contribution in [3.63, 3.8) is 0 Å². The molecule has 3 aromatic rings. The van der Waals surface area contributed by atoms with Crippen LogP contribution >= 0.6 is 0 Å². The highest BCUT2D eigenvalue weighted by Gasteiger charge is 2.25. The second kappa shape index (κ2) is 6.55. The first-order chi connectivity index (χ1) is 12.2. The third kappa shape index (κ3) is 3.07. The van der Waals surface area contributed by atoms with Gasteiger partial charge in [-0.3, -0.25) is 9.59 Å². The molecule has 0 atom stereocenters. The SMILES string of the molecule is O=C(NC1CCC(n2ncccc2=O)CC1)c1c[nH]c2ccccc12. The zero-order valence-corrected chi connectivity index (χ0v) is 13.8. The number of nitrogens with one attached hydrogen (secondary N) is 2. The van der Waals surface area contributed by atoms with E-state index in [1.165, 1.54) is 6.07 Å². The average Bonchev–Trinajstić information content (AvgIpc) is 3.07. The van der Waals surface area contributed by atoms with E-state index in [2.05, 4.69) is 15.4 Å². The van der Waals surface area contributed by atoms with Crippen molar-refractivity contribution in [3.05, 3.63) is 64.7 Å². The highest BCUT2D eigenvalue weighted by molar-refractivity contribution is 6.06. The minimum absolute atomic E-state index is 0.0455. The molecule has 0 bridgehead atoms. The first-order valence-electron chi connectivity index (χ1n) is 8.63. The van der Waals surface area contributed by atoms with Gasteiger partial charge in [-0.05, 0) is 37.8 Å². The van der Waals surface area contributed by atoms with E-state index in [-0.39, 0.29) is 23.6 Å². The van der Waals surface area contributed by atoms with Crippen molar-refractivity contribution in [2.24, 2.45) is 0 Å². The van der Waals surface area contributed by atoms with Crippen LogP contribution < -0.4 is 10.9 Å². The van der Waals surface area contributed by atoms with Crippen LogP contribution in [0, 0.1) is 0 Å². The van der Waals surface area contributed by atoms with Gasteiger partial charge in [0.1, 0.15) is 0 Å². The van der Waals surface area contributed by atoms with Crippen LogP contribution in [-0.4, -0.2) is 26.7 Å². The summed E-state index contributed by atoms with van der Waals surface area (Å²) in [7, 11) is 0. The molecule has 1 aliphatic rings. The Hall–Kier alpha value is -2.89.